The highest BCUT2D eigenvalue weighted by Crippen LogP contribution is 2.41. The minimum absolute atomic E-state index is 0.0901. The Morgan fingerprint density at radius 1 is 1.15 bits per heavy atom. The van der Waals surface area contributed by atoms with E-state index < -0.39 is 0 Å². The lowest BCUT2D eigenvalue weighted by Gasteiger charge is -2.42. The van der Waals surface area contributed by atoms with Crippen molar-refractivity contribution in [2.75, 3.05) is 13.1 Å². The van der Waals surface area contributed by atoms with Crippen LogP contribution < -0.4 is 0 Å². The van der Waals surface area contributed by atoms with Crippen molar-refractivity contribution in [3.8, 4) is 0 Å². The van der Waals surface area contributed by atoms with Gasteiger partial charge in [0.15, 0.2) is 0 Å². The van der Waals surface area contributed by atoms with Gasteiger partial charge >= 0.3 is 0 Å². The summed E-state index contributed by atoms with van der Waals surface area (Å²) in [6.07, 6.45) is 9.36. The van der Waals surface area contributed by atoms with E-state index in [0.29, 0.717) is 0 Å². The van der Waals surface area contributed by atoms with E-state index in [4.69, 9.17) is 0 Å². The molecule has 1 aliphatic carbocycles. The van der Waals surface area contributed by atoms with Crippen molar-refractivity contribution in [1.29, 1.82) is 0 Å². The van der Waals surface area contributed by atoms with Gasteiger partial charge in [-0.05, 0) is 57.3 Å². The molecule has 0 aromatic carbocycles. The SMILES string of the molecule is CCc1ccc(CC(O)C2(N3CCCC3)CCCC2)s1. The van der Waals surface area contributed by atoms with E-state index >= 15 is 0 Å². The van der Waals surface area contributed by atoms with Gasteiger partial charge < -0.3 is 5.11 Å². The lowest BCUT2D eigenvalue weighted by Crippen LogP contribution is -2.54. The molecule has 2 nitrogen and oxygen atoms in total. The fourth-order valence-electron chi connectivity index (χ4n) is 4.11. The molecule has 2 fully saturated rings. The highest BCUT2D eigenvalue weighted by atomic mass is 32.1. The highest BCUT2D eigenvalue weighted by molar-refractivity contribution is 7.11. The van der Waals surface area contributed by atoms with Gasteiger partial charge in [0.1, 0.15) is 0 Å². The molecule has 0 amide bonds. The summed E-state index contributed by atoms with van der Waals surface area (Å²) >= 11 is 1.88. The lowest BCUT2D eigenvalue weighted by atomic mass is 9.86. The molecule has 1 aliphatic heterocycles. The van der Waals surface area contributed by atoms with Gasteiger partial charge in [0.2, 0.25) is 0 Å². The molecule has 1 aromatic heterocycles. The van der Waals surface area contributed by atoms with E-state index in [1.165, 1.54) is 61.4 Å². The Morgan fingerprint density at radius 3 is 2.40 bits per heavy atom. The molecule has 0 spiro atoms. The Bertz CT molecular complexity index is 430. The molecule has 2 heterocycles. The average molecular weight is 293 g/mol. The second-order valence-electron chi connectivity index (χ2n) is 6.45. The molecule has 112 valence electrons. The van der Waals surface area contributed by atoms with E-state index in [2.05, 4.69) is 24.0 Å². The first-order valence-corrected chi connectivity index (χ1v) is 9.07. The number of aliphatic hydroxyl groups excluding tert-OH is 1. The lowest BCUT2D eigenvalue weighted by molar-refractivity contribution is -0.0167. The first-order chi connectivity index (χ1) is 9.74. The summed E-state index contributed by atoms with van der Waals surface area (Å²) in [5.41, 5.74) is 0.0901. The topological polar surface area (TPSA) is 23.5 Å². The van der Waals surface area contributed by atoms with Crippen molar-refractivity contribution in [3.05, 3.63) is 21.9 Å². The largest absolute Gasteiger partial charge is 0.391 e. The summed E-state index contributed by atoms with van der Waals surface area (Å²) in [5.74, 6) is 0. The predicted molar refractivity (Wildman–Crippen MR) is 85.4 cm³/mol. The van der Waals surface area contributed by atoms with Crippen molar-refractivity contribution in [3.63, 3.8) is 0 Å². The number of thiophene rings is 1. The van der Waals surface area contributed by atoms with Crippen molar-refractivity contribution in [1.82, 2.24) is 4.90 Å². The van der Waals surface area contributed by atoms with Crippen LogP contribution in [0.15, 0.2) is 12.1 Å². The smallest absolute Gasteiger partial charge is 0.0771 e. The summed E-state index contributed by atoms with van der Waals surface area (Å²) < 4.78 is 0. The van der Waals surface area contributed by atoms with Crippen LogP contribution in [0, 0.1) is 0 Å². The van der Waals surface area contributed by atoms with Crippen molar-refractivity contribution in [2.24, 2.45) is 0 Å². The maximum atomic E-state index is 11.0. The van der Waals surface area contributed by atoms with Gasteiger partial charge in [-0.15, -0.1) is 11.3 Å². The van der Waals surface area contributed by atoms with Crippen molar-refractivity contribution >= 4 is 11.3 Å². The zero-order valence-corrected chi connectivity index (χ0v) is 13.4. The summed E-state index contributed by atoms with van der Waals surface area (Å²) in [6.45, 7) is 4.60. The number of hydrogen-bond acceptors (Lipinski definition) is 3. The Kier molecular flexibility index (Phi) is 4.49. The van der Waals surface area contributed by atoms with Crippen LogP contribution in [-0.4, -0.2) is 34.7 Å². The van der Waals surface area contributed by atoms with Crippen LogP contribution in [0.2, 0.25) is 0 Å². The molecule has 2 aliphatic rings. The predicted octanol–water partition coefficient (Wildman–Crippen LogP) is 3.62. The third-order valence-electron chi connectivity index (χ3n) is 5.29. The normalized spacial score (nSPS) is 24.3. The van der Waals surface area contributed by atoms with E-state index in [1.54, 1.807) is 0 Å². The summed E-state index contributed by atoms with van der Waals surface area (Å²) in [6, 6.07) is 4.45. The van der Waals surface area contributed by atoms with Gasteiger partial charge in [0.25, 0.3) is 0 Å². The molecule has 1 saturated carbocycles. The molecule has 0 radical (unpaired) electrons. The van der Waals surface area contributed by atoms with Crippen LogP contribution in [0.3, 0.4) is 0 Å². The van der Waals surface area contributed by atoms with Crippen LogP contribution in [-0.2, 0) is 12.8 Å². The second kappa shape index (κ2) is 6.17. The monoisotopic (exact) mass is 293 g/mol. The summed E-state index contributed by atoms with van der Waals surface area (Å²) in [4.78, 5) is 5.41. The summed E-state index contributed by atoms with van der Waals surface area (Å²) in [7, 11) is 0. The van der Waals surface area contributed by atoms with Crippen molar-refractivity contribution < 1.29 is 5.11 Å². The molecule has 0 bridgehead atoms. The van der Waals surface area contributed by atoms with E-state index in [0.717, 1.165) is 12.8 Å². The van der Waals surface area contributed by atoms with E-state index in [-0.39, 0.29) is 11.6 Å². The van der Waals surface area contributed by atoms with E-state index in [9.17, 15) is 5.11 Å². The van der Waals surface area contributed by atoms with Gasteiger partial charge in [-0.25, -0.2) is 0 Å². The number of aryl methyl sites for hydroxylation is 1. The third-order valence-corrected chi connectivity index (χ3v) is 6.54. The average Bonchev–Trinajstić information content (AvgIpc) is 3.19. The molecule has 1 N–H and O–H groups in total. The van der Waals surface area contributed by atoms with Crippen LogP contribution >= 0.6 is 11.3 Å². The molecule has 1 unspecified atom stereocenters. The van der Waals surface area contributed by atoms with Gasteiger partial charge in [0, 0.05) is 21.7 Å². The molecular weight excluding hydrogens is 266 g/mol. The maximum absolute atomic E-state index is 11.0. The Balaban J connectivity index is 1.73. The third kappa shape index (κ3) is 2.68. The van der Waals surface area contributed by atoms with Gasteiger partial charge in [0.05, 0.1) is 6.10 Å². The number of nitrogens with zero attached hydrogens (tertiary/aromatic N) is 1. The van der Waals surface area contributed by atoms with Crippen LogP contribution in [0.1, 0.15) is 55.2 Å². The van der Waals surface area contributed by atoms with Crippen LogP contribution in [0.4, 0.5) is 0 Å². The zero-order chi connectivity index (χ0) is 14.0. The molecule has 20 heavy (non-hydrogen) atoms. The molecule has 3 rings (SSSR count). The fourth-order valence-corrected chi connectivity index (χ4v) is 5.11. The molecule has 3 heteroatoms. The highest BCUT2D eigenvalue weighted by Gasteiger charge is 2.45. The number of hydrogen-bond donors (Lipinski definition) is 1. The molecule has 1 aromatic rings. The fraction of sp³-hybridized carbons (Fsp3) is 0.765. The minimum atomic E-state index is -0.188. The van der Waals surface area contributed by atoms with Gasteiger partial charge in [-0.1, -0.05) is 19.8 Å². The Morgan fingerprint density at radius 2 is 1.80 bits per heavy atom. The van der Waals surface area contributed by atoms with Crippen LogP contribution in [0.25, 0.3) is 0 Å². The maximum Gasteiger partial charge on any atom is 0.0771 e. The molecule has 1 atom stereocenters. The van der Waals surface area contributed by atoms with E-state index in [1.807, 2.05) is 11.3 Å². The summed E-state index contributed by atoms with van der Waals surface area (Å²) in [5, 5.41) is 11.0. The Labute approximate surface area is 126 Å². The van der Waals surface area contributed by atoms with Crippen LogP contribution in [0.5, 0.6) is 0 Å². The minimum Gasteiger partial charge on any atom is -0.391 e. The van der Waals surface area contributed by atoms with Gasteiger partial charge in [-0.2, -0.15) is 0 Å². The second-order valence-corrected chi connectivity index (χ2v) is 7.70. The number of likely N-dealkylation sites (tertiary alicyclic amines) is 1. The quantitative estimate of drug-likeness (QED) is 0.896. The molecular formula is C17H27NOS. The molecule has 1 saturated heterocycles. The van der Waals surface area contributed by atoms with Crippen molar-refractivity contribution in [2.45, 2.75) is 69.9 Å². The van der Waals surface area contributed by atoms with Gasteiger partial charge in [-0.3, -0.25) is 4.90 Å². The Hall–Kier alpha value is -0.380. The number of aliphatic hydroxyl groups is 1. The first-order valence-electron chi connectivity index (χ1n) is 8.25. The standard InChI is InChI=1S/C17H27NOS/c1-2-14-7-8-15(20-14)13-16(19)17(9-3-4-10-17)18-11-5-6-12-18/h7-8,16,19H,2-6,9-13H2,1H3. The number of rotatable bonds is 5. The zero-order valence-electron chi connectivity index (χ0n) is 12.6. The first kappa shape index (κ1) is 14.6.